The van der Waals surface area contributed by atoms with E-state index in [-0.39, 0.29) is 12.0 Å². The van der Waals surface area contributed by atoms with Crippen molar-refractivity contribution in [1.29, 1.82) is 0 Å². The van der Waals surface area contributed by atoms with E-state index in [1.807, 2.05) is 13.8 Å². The molecule has 1 saturated carbocycles. The minimum absolute atomic E-state index is 0.0595. The van der Waals surface area contributed by atoms with Crippen LogP contribution in [-0.2, 0) is 0 Å². The van der Waals surface area contributed by atoms with Gasteiger partial charge in [0.15, 0.2) is 0 Å². The van der Waals surface area contributed by atoms with Crippen molar-refractivity contribution in [2.45, 2.75) is 65.4 Å². The highest BCUT2D eigenvalue weighted by Crippen LogP contribution is 2.45. The Kier molecular flexibility index (Phi) is 3.52. The minimum atomic E-state index is -0.685. The van der Waals surface area contributed by atoms with E-state index in [0.29, 0.717) is 5.41 Å². The maximum absolute atomic E-state index is 10.7. The Morgan fingerprint density at radius 2 is 1.67 bits per heavy atom. The summed E-state index contributed by atoms with van der Waals surface area (Å²) in [7, 11) is 0. The van der Waals surface area contributed by atoms with Crippen LogP contribution in [0.2, 0.25) is 0 Å². The van der Waals surface area contributed by atoms with Gasteiger partial charge in [-0.3, -0.25) is 0 Å². The Labute approximate surface area is 93.7 Å². The highest BCUT2D eigenvalue weighted by atomic mass is 16.3. The fourth-order valence-corrected chi connectivity index (χ4v) is 2.48. The molecule has 1 aliphatic rings. The van der Waals surface area contributed by atoms with Gasteiger partial charge in [0.25, 0.3) is 0 Å². The van der Waals surface area contributed by atoms with Crippen molar-refractivity contribution in [3.8, 4) is 0 Å². The molecular weight excluding hydrogens is 188 g/mol. The second kappa shape index (κ2) is 4.06. The van der Waals surface area contributed by atoms with Gasteiger partial charge in [-0.15, -0.1) is 0 Å². The first-order valence-electron chi connectivity index (χ1n) is 6.06. The van der Waals surface area contributed by atoms with Crippen LogP contribution in [0.25, 0.3) is 0 Å². The van der Waals surface area contributed by atoms with Crippen LogP contribution >= 0.6 is 0 Å². The van der Waals surface area contributed by atoms with Crippen molar-refractivity contribution in [3.05, 3.63) is 0 Å². The lowest BCUT2D eigenvalue weighted by Gasteiger charge is -2.41. The lowest BCUT2D eigenvalue weighted by atomic mass is 9.70. The first kappa shape index (κ1) is 13.0. The molecule has 0 amide bonds. The fourth-order valence-electron chi connectivity index (χ4n) is 2.48. The van der Waals surface area contributed by atoms with Gasteiger partial charge in [-0.2, -0.15) is 0 Å². The zero-order valence-electron chi connectivity index (χ0n) is 10.6. The Balaban J connectivity index is 2.79. The van der Waals surface area contributed by atoms with Crippen LogP contribution in [-0.4, -0.2) is 22.4 Å². The normalized spacial score (nSPS) is 32.4. The topological polar surface area (TPSA) is 40.5 Å². The zero-order valence-corrected chi connectivity index (χ0v) is 10.6. The molecule has 2 heteroatoms. The third-order valence-electron chi connectivity index (χ3n) is 4.31. The van der Waals surface area contributed by atoms with Crippen LogP contribution in [0.5, 0.6) is 0 Å². The monoisotopic (exact) mass is 214 g/mol. The van der Waals surface area contributed by atoms with Crippen LogP contribution in [0.1, 0.15) is 59.8 Å². The third kappa shape index (κ3) is 2.73. The van der Waals surface area contributed by atoms with Crippen LogP contribution in [0.15, 0.2) is 0 Å². The first-order chi connectivity index (χ1) is 6.72. The molecule has 15 heavy (non-hydrogen) atoms. The molecule has 1 unspecified atom stereocenters. The van der Waals surface area contributed by atoms with E-state index < -0.39 is 5.60 Å². The lowest BCUT2D eigenvalue weighted by molar-refractivity contribution is -0.101. The van der Waals surface area contributed by atoms with E-state index in [9.17, 15) is 10.2 Å². The molecule has 2 N–H and O–H groups in total. The van der Waals surface area contributed by atoms with E-state index in [2.05, 4.69) is 13.8 Å². The summed E-state index contributed by atoms with van der Waals surface area (Å²) in [6.07, 6.45) is 4.92. The van der Waals surface area contributed by atoms with Gasteiger partial charge in [-0.05, 0) is 31.1 Å². The Bertz CT molecular complexity index is 221. The quantitative estimate of drug-likeness (QED) is 0.694. The van der Waals surface area contributed by atoms with Gasteiger partial charge in [0.05, 0.1) is 12.2 Å². The SMILES string of the molecule is CC1(C)CCCC(O)(C(C)(C)CO)CC1. The second-order valence-corrected chi connectivity index (χ2v) is 6.59. The zero-order chi connectivity index (χ0) is 11.7. The maximum atomic E-state index is 10.7. The molecule has 1 aliphatic carbocycles. The summed E-state index contributed by atoms with van der Waals surface area (Å²) in [5, 5.41) is 20.0. The molecule has 0 spiro atoms. The molecule has 0 aromatic carbocycles. The van der Waals surface area contributed by atoms with E-state index in [0.717, 1.165) is 25.7 Å². The molecule has 0 aromatic rings. The average molecular weight is 214 g/mol. The molecule has 0 heterocycles. The smallest absolute Gasteiger partial charge is 0.0720 e. The fraction of sp³-hybridized carbons (Fsp3) is 1.00. The molecule has 1 fully saturated rings. The van der Waals surface area contributed by atoms with E-state index in [4.69, 9.17) is 0 Å². The van der Waals surface area contributed by atoms with Crippen LogP contribution in [0, 0.1) is 10.8 Å². The molecule has 0 radical (unpaired) electrons. The standard InChI is InChI=1S/C13H26O2/c1-11(2)6-5-7-13(15,9-8-11)12(3,4)10-14/h14-15H,5-10H2,1-4H3. The van der Waals surface area contributed by atoms with Crippen molar-refractivity contribution < 1.29 is 10.2 Å². The summed E-state index contributed by atoms with van der Waals surface area (Å²) in [6, 6.07) is 0. The number of rotatable bonds is 2. The lowest BCUT2D eigenvalue weighted by Crippen LogP contribution is -2.46. The van der Waals surface area contributed by atoms with E-state index in [1.165, 1.54) is 6.42 Å². The Hall–Kier alpha value is -0.0800. The minimum Gasteiger partial charge on any atom is -0.396 e. The van der Waals surface area contributed by atoms with Gasteiger partial charge in [-0.25, -0.2) is 0 Å². The predicted octanol–water partition coefficient (Wildman–Crippen LogP) is 2.73. The summed E-state index contributed by atoms with van der Waals surface area (Å²) < 4.78 is 0. The number of aliphatic hydroxyl groups is 2. The molecule has 90 valence electrons. The molecule has 0 aromatic heterocycles. The van der Waals surface area contributed by atoms with Gasteiger partial charge >= 0.3 is 0 Å². The van der Waals surface area contributed by atoms with Gasteiger partial charge < -0.3 is 10.2 Å². The summed E-state index contributed by atoms with van der Waals surface area (Å²) >= 11 is 0. The van der Waals surface area contributed by atoms with Crippen LogP contribution < -0.4 is 0 Å². The largest absolute Gasteiger partial charge is 0.396 e. The molecule has 2 nitrogen and oxygen atoms in total. The maximum Gasteiger partial charge on any atom is 0.0720 e. The Morgan fingerprint density at radius 1 is 1.07 bits per heavy atom. The van der Waals surface area contributed by atoms with Gasteiger partial charge in [0, 0.05) is 5.41 Å². The summed E-state index contributed by atoms with van der Waals surface area (Å²) in [6.45, 7) is 8.52. The molecular formula is C13H26O2. The van der Waals surface area contributed by atoms with Crippen molar-refractivity contribution in [2.24, 2.45) is 10.8 Å². The number of aliphatic hydroxyl groups excluding tert-OH is 1. The summed E-state index contributed by atoms with van der Waals surface area (Å²) in [4.78, 5) is 0. The summed E-state index contributed by atoms with van der Waals surface area (Å²) in [5.74, 6) is 0. The highest BCUT2D eigenvalue weighted by molar-refractivity contribution is 4.96. The predicted molar refractivity (Wildman–Crippen MR) is 62.7 cm³/mol. The molecule has 1 rings (SSSR count). The van der Waals surface area contributed by atoms with Crippen LogP contribution in [0.4, 0.5) is 0 Å². The van der Waals surface area contributed by atoms with Crippen LogP contribution in [0.3, 0.4) is 0 Å². The van der Waals surface area contributed by atoms with Crippen molar-refractivity contribution in [3.63, 3.8) is 0 Å². The molecule has 0 saturated heterocycles. The molecule has 1 atom stereocenters. The van der Waals surface area contributed by atoms with Gasteiger partial charge in [-0.1, -0.05) is 34.1 Å². The summed E-state index contributed by atoms with van der Waals surface area (Å²) in [5.41, 5.74) is -0.723. The Morgan fingerprint density at radius 3 is 2.20 bits per heavy atom. The van der Waals surface area contributed by atoms with Crippen molar-refractivity contribution >= 4 is 0 Å². The number of hydrogen-bond acceptors (Lipinski definition) is 2. The van der Waals surface area contributed by atoms with Gasteiger partial charge in [0.2, 0.25) is 0 Å². The molecule has 0 bridgehead atoms. The highest BCUT2D eigenvalue weighted by Gasteiger charge is 2.44. The van der Waals surface area contributed by atoms with Gasteiger partial charge in [0.1, 0.15) is 0 Å². The van der Waals surface area contributed by atoms with Crippen molar-refractivity contribution in [1.82, 2.24) is 0 Å². The van der Waals surface area contributed by atoms with Crippen molar-refractivity contribution in [2.75, 3.05) is 6.61 Å². The van der Waals surface area contributed by atoms with E-state index in [1.54, 1.807) is 0 Å². The third-order valence-corrected chi connectivity index (χ3v) is 4.31. The second-order valence-electron chi connectivity index (χ2n) is 6.59. The average Bonchev–Trinajstić information content (AvgIpc) is 2.27. The molecule has 0 aliphatic heterocycles. The number of hydrogen-bond donors (Lipinski definition) is 2. The first-order valence-corrected chi connectivity index (χ1v) is 6.06. The van der Waals surface area contributed by atoms with E-state index >= 15 is 0 Å².